The van der Waals surface area contributed by atoms with Gasteiger partial charge < -0.3 is 10.1 Å². The van der Waals surface area contributed by atoms with Gasteiger partial charge in [0.15, 0.2) is 0 Å². The van der Waals surface area contributed by atoms with Crippen LogP contribution >= 0.6 is 0 Å². The Bertz CT molecular complexity index is 484. The van der Waals surface area contributed by atoms with Crippen LogP contribution in [0.15, 0.2) is 24.5 Å². The molecule has 1 aliphatic heterocycles. The van der Waals surface area contributed by atoms with Gasteiger partial charge in [-0.25, -0.2) is 0 Å². The predicted octanol–water partition coefficient (Wildman–Crippen LogP) is 3.41. The van der Waals surface area contributed by atoms with Crippen molar-refractivity contribution in [3.8, 4) is 5.75 Å². The molecule has 1 saturated heterocycles. The Kier molecular flexibility index (Phi) is 4.06. The standard InChI is InChI=1S/C17H24N2O/c1-12(2)20-16-8-13(10-18-11-16)4-3-5-17-14-6-7-15(9-14)19-17/h3-4,8,10-12,14-15,17,19H,5-7,9H2,1-2H3. The predicted molar refractivity (Wildman–Crippen MR) is 81.7 cm³/mol. The van der Waals surface area contributed by atoms with E-state index >= 15 is 0 Å². The van der Waals surface area contributed by atoms with Crippen molar-refractivity contribution in [2.75, 3.05) is 0 Å². The Balaban J connectivity index is 1.56. The smallest absolute Gasteiger partial charge is 0.138 e. The highest BCUT2D eigenvalue weighted by molar-refractivity contribution is 5.50. The average molecular weight is 272 g/mol. The van der Waals surface area contributed by atoms with Crippen molar-refractivity contribution in [2.24, 2.45) is 5.92 Å². The molecule has 20 heavy (non-hydrogen) atoms. The van der Waals surface area contributed by atoms with Gasteiger partial charge in [-0.3, -0.25) is 4.98 Å². The summed E-state index contributed by atoms with van der Waals surface area (Å²) in [7, 11) is 0. The molecule has 2 fully saturated rings. The van der Waals surface area contributed by atoms with Crippen LogP contribution in [0, 0.1) is 5.92 Å². The Labute approximate surface area is 121 Å². The molecule has 1 aromatic heterocycles. The minimum Gasteiger partial charge on any atom is -0.489 e. The van der Waals surface area contributed by atoms with Crippen LogP contribution in [0.3, 0.4) is 0 Å². The molecule has 3 rings (SSSR count). The maximum atomic E-state index is 5.67. The van der Waals surface area contributed by atoms with Crippen molar-refractivity contribution in [1.82, 2.24) is 10.3 Å². The average Bonchev–Trinajstić information content (AvgIpc) is 3.01. The first-order valence-corrected chi connectivity index (χ1v) is 7.75. The Morgan fingerprint density at radius 3 is 3.00 bits per heavy atom. The van der Waals surface area contributed by atoms with Crippen molar-refractivity contribution in [3.63, 3.8) is 0 Å². The minimum absolute atomic E-state index is 0.189. The van der Waals surface area contributed by atoms with E-state index in [1.165, 1.54) is 19.3 Å². The van der Waals surface area contributed by atoms with Gasteiger partial charge in [0.25, 0.3) is 0 Å². The topological polar surface area (TPSA) is 34.1 Å². The van der Waals surface area contributed by atoms with Crippen LogP contribution in [0.5, 0.6) is 5.75 Å². The van der Waals surface area contributed by atoms with E-state index in [-0.39, 0.29) is 6.10 Å². The lowest BCUT2D eigenvalue weighted by molar-refractivity contribution is 0.241. The van der Waals surface area contributed by atoms with E-state index in [4.69, 9.17) is 4.74 Å². The van der Waals surface area contributed by atoms with Crippen LogP contribution < -0.4 is 10.1 Å². The highest BCUT2D eigenvalue weighted by Gasteiger charge is 2.37. The van der Waals surface area contributed by atoms with Gasteiger partial charge in [-0.05, 0) is 57.1 Å². The zero-order chi connectivity index (χ0) is 13.9. The minimum atomic E-state index is 0.189. The number of rotatable bonds is 5. The summed E-state index contributed by atoms with van der Waals surface area (Å²) >= 11 is 0. The van der Waals surface area contributed by atoms with Crippen LogP contribution in [0.1, 0.15) is 45.1 Å². The summed E-state index contributed by atoms with van der Waals surface area (Å²) in [6.45, 7) is 4.06. The first-order chi connectivity index (χ1) is 9.70. The van der Waals surface area contributed by atoms with E-state index in [0.717, 1.165) is 29.7 Å². The fraction of sp³-hybridized carbons (Fsp3) is 0.588. The molecule has 2 aliphatic rings. The number of nitrogens with zero attached hydrogens (tertiary/aromatic N) is 1. The monoisotopic (exact) mass is 272 g/mol. The van der Waals surface area contributed by atoms with Crippen molar-refractivity contribution in [2.45, 2.75) is 57.7 Å². The molecular formula is C17H24N2O. The van der Waals surface area contributed by atoms with Gasteiger partial charge in [0.1, 0.15) is 5.75 Å². The second-order valence-electron chi connectivity index (χ2n) is 6.30. The molecule has 1 saturated carbocycles. The maximum Gasteiger partial charge on any atom is 0.138 e. The molecule has 2 bridgehead atoms. The summed E-state index contributed by atoms with van der Waals surface area (Å²) in [5.41, 5.74) is 1.12. The lowest BCUT2D eigenvalue weighted by Crippen LogP contribution is -2.34. The number of piperidine rings is 1. The van der Waals surface area contributed by atoms with Crippen LogP contribution in [0.2, 0.25) is 0 Å². The zero-order valence-corrected chi connectivity index (χ0v) is 12.4. The lowest BCUT2D eigenvalue weighted by Gasteiger charge is -2.21. The molecule has 2 heterocycles. The normalized spacial score (nSPS) is 28.6. The van der Waals surface area contributed by atoms with Crippen molar-refractivity contribution in [1.29, 1.82) is 0 Å². The van der Waals surface area contributed by atoms with Crippen molar-refractivity contribution >= 4 is 6.08 Å². The molecule has 108 valence electrons. The van der Waals surface area contributed by atoms with Gasteiger partial charge in [-0.2, -0.15) is 0 Å². The third-order valence-corrected chi connectivity index (χ3v) is 4.30. The van der Waals surface area contributed by atoms with Gasteiger partial charge in [0.05, 0.1) is 12.3 Å². The molecule has 3 heteroatoms. The van der Waals surface area contributed by atoms with Crippen LogP contribution in [-0.2, 0) is 0 Å². The number of pyridine rings is 1. The van der Waals surface area contributed by atoms with Gasteiger partial charge in [-0.15, -0.1) is 0 Å². The molecule has 0 radical (unpaired) electrons. The van der Waals surface area contributed by atoms with Gasteiger partial charge in [0, 0.05) is 18.3 Å². The third-order valence-electron chi connectivity index (χ3n) is 4.30. The second kappa shape index (κ2) is 5.96. The van der Waals surface area contributed by atoms with Crippen LogP contribution in [0.4, 0.5) is 0 Å². The van der Waals surface area contributed by atoms with Gasteiger partial charge >= 0.3 is 0 Å². The Morgan fingerprint density at radius 1 is 1.40 bits per heavy atom. The second-order valence-corrected chi connectivity index (χ2v) is 6.30. The number of ether oxygens (including phenoxy) is 1. The molecule has 3 atom stereocenters. The summed E-state index contributed by atoms with van der Waals surface area (Å²) in [6, 6.07) is 3.54. The number of aromatic nitrogens is 1. The van der Waals surface area contributed by atoms with Gasteiger partial charge in [-0.1, -0.05) is 12.2 Å². The fourth-order valence-electron chi connectivity index (χ4n) is 3.45. The first kappa shape index (κ1) is 13.6. The molecule has 0 aromatic carbocycles. The van der Waals surface area contributed by atoms with E-state index in [0.29, 0.717) is 6.04 Å². The van der Waals surface area contributed by atoms with Crippen LogP contribution in [0.25, 0.3) is 6.08 Å². The Morgan fingerprint density at radius 2 is 2.30 bits per heavy atom. The fourth-order valence-corrected chi connectivity index (χ4v) is 3.45. The quantitative estimate of drug-likeness (QED) is 0.892. The van der Waals surface area contributed by atoms with E-state index in [1.54, 1.807) is 6.20 Å². The first-order valence-electron chi connectivity index (χ1n) is 7.75. The number of hydrogen-bond acceptors (Lipinski definition) is 3. The van der Waals surface area contributed by atoms with Gasteiger partial charge in [0.2, 0.25) is 0 Å². The van der Waals surface area contributed by atoms with E-state index in [1.807, 2.05) is 20.0 Å². The van der Waals surface area contributed by atoms with Crippen LogP contribution in [-0.4, -0.2) is 23.2 Å². The maximum absolute atomic E-state index is 5.67. The highest BCUT2D eigenvalue weighted by Crippen LogP contribution is 2.36. The molecule has 1 aromatic rings. The number of hydrogen-bond donors (Lipinski definition) is 1. The summed E-state index contributed by atoms with van der Waals surface area (Å²) < 4.78 is 5.67. The Hall–Kier alpha value is -1.35. The van der Waals surface area contributed by atoms with Crippen molar-refractivity contribution < 1.29 is 4.74 Å². The molecular weight excluding hydrogens is 248 g/mol. The van der Waals surface area contributed by atoms with E-state index in [9.17, 15) is 0 Å². The summed E-state index contributed by atoms with van der Waals surface area (Å²) in [4.78, 5) is 4.23. The molecule has 1 N–H and O–H groups in total. The van der Waals surface area contributed by atoms with E-state index in [2.05, 4.69) is 28.5 Å². The SMILES string of the molecule is CC(C)Oc1cncc(C=CCC2NC3CCC2C3)c1. The molecule has 0 amide bonds. The highest BCUT2D eigenvalue weighted by atomic mass is 16.5. The molecule has 3 unspecified atom stereocenters. The number of fused-ring (bicyclic) bond motifs is 2. The molecule has 1 aliphatic carbocycles. The molecule has 0 spiro atoms. The lowest BCUT2D eigenvalue weighted by atomic mass is 9.97. The third kappa shape index (κ3) is 3.21. The van der Waals surface area contributed by atoms with Crippen molar-refractivity contribution in [3.05, 3.63) is 30.1 Å². The largest absolute Gasteiger partial charge is 0.489 e. The number of nitrogens with one attached hydrogen (secondary N) is 1. The molecule has 3 nitrogen and oxygen atoms in total. The summed E-state index contributed by atoms with van der Waals surface area (Å²) in [6.07, 6.45) is 13.6. The van der Waals surface area contributed by atoms with E-state index < -0.39 is 0 Å². The zero-order valence-electron chi connectivity index (χ0n) is 12.4. The summed E-state index contributed by atoms with van der Waals surface area (Å²) in [5.74, 6) is 1.75. The summed E-state index contributed by atoms with van der Waals surface area (Å²) in [5, 5.41) is 3.72.